The Kier molecular flexibility index (Phi) is 6.38. The molecular formula is C19H25N3O4. The molecule has 0 fully saturated rings. The van der Waals surface area contributed by atoms with Gasteiger partial charge in [0.2, 0.25) is 11.8 Å². The maximum Gasteiger partial charge on any atom is 0.328 e. The van der Waals surface area contributed by atoms with Crippen LogP contribution in [0, 0.1) is 5.92 Å². The summed E-state index contributed by atoms with van der Waals surface area (Å²) in [5.74, 6) is -1.39. The number of esters is 1. The summed E-state index contributed by atoms with van der Waals surface area (Å²) in [5.41, 5.74) is 1.87. The summed E-state index contributed by atoms with van der Waals surface area (Å²) >= 11 is 0. The van der Waals surface area contributed by atoms with E-state index in [1.54, 1.807) is 0 Å². The van der Waals surface area contributed by atoms with E-state index in [4.69, 9.17) is 4.74 Å². The predicted molar refractivity (Wildman–Crippen MR) is 98.4 cm³/mol. The maximum absolute atomic E-state index is 12.7. The molecule has 2 amide bonds. The summed E-state index contributed by atoms with van der Waals surface area (Å²) in [7, 11) is 1.28. The fourth-order valence-corrected chi connectivity index (χ4v) is 2.85. The number of carbonyl (C=O) groups is 3. The van der Waals surface area contributed by atoms with Crippen molar-refractivity contribution in [1.82, 2.24) is 15.6 Å². The monoisotopic (exact) mass is 359 g/mol. The number of carbonyl (C=O) groups excluding carboxylic acids is 3. The molecule has 1 aromatic heterocycles. The average Bonchev–Trinajstić information content (AvgIpc) is 3.00. The highest BCUT2D eigenvalue weighted by Gasteiger charge is 2.29. The van der Waals surface area contributed by atoms with Crippen LogP contribution in [0.1, 0.15) is 26.3 Å². The van der Waals surface area contributed by atoms with Crippen molar-refractivity contribution < 1.29 is 19.1 Å². The number of ether oxygens (including phenoxy) is 1. The predicted octanol–water partition coefficient (Wildman–Crippen LogP) is 1.53. The van der Waals surface area contributed by atoms with E-state index in [2.05, 4.69) is 15.6 Å². The first-order valence-electron chi connectivity index (χ1n) is 8.53. The van der Waals surface area contributed by atoms with Crippen LogP contribution in [0.2, 0.25) is 0 Å². The van der Waals surface area contributed by atoms with Crippen molar-refractivity contribution in [1.29, 1.82) is 0 Å². The van der Waals surface area contributed by atoms with Crippen molar-refractivity contribution in [2.45, 2.75) is 39.3 Å². The quantitative estimate of drug-likeness (QED) is 0.653. The summed E-state index contributed by atoms with van der Waals surface area (Å²) < 4.78 is 4.75. The minimum Gasteiger partial charge on any atom is -0.467 e. The molecule has 0 spiro atoms. The topological polar surface area (TPSA) is 100 Å². The number of hydrogen-bond donors (Lipinski definition) is 3. The third-order valence-corrected chi connectivity index (χ3v) is 4.21. The van der Waals surface area contributed by atoms with Crippen LogP contribution in [-0.4, -0.2) is 42.0 Å². The van der Waals surface area contributed by atoms with E-state index >= 15 is 0 Å². The largest absolute Gasteiger partial charge is 0.467 e. The molecule has 26 heavy (non-hydrogen) atoms. The number of aromatic nitrogens is 1. The number of fused-ring (bicyclic) bond motifs is 1. The molecule has 7 nitrogen and oxygen atoms in total. The van der Waals surface area contributed by atoms with Crippen molar-refractivity contribution in [3.05, 3.63) is 36.0 Å². The number of hydrogen-bond acceptors (Lipinski definition) is 4. The molecule has 0 aliphatic heterocycles. The fourth-order valence-electron chi connectivity index (χ4n) is 2.85. The highest BCUT2D eigenvalue weighted by Crippen LogP contribution is 2.19. The first-order valence-corrected chi connectivity index (χ1v) is 8.53. The summed E-state index contributed by atoms with van der Waals surface area (Å²) in [4.78, 5) is 39.4. The molecule has 0 aliphatic carbocycles. The van der Waals surface area contributed by atoms with E-state index in [-0.39, 0.29) is 11.8 Å². The van der Waals surface area contributed by atoms with Crippen molar-refractivity contribution in [3.63, 3.8) is 0 Å². The Balaban J connectivity index is 2.21. The van der Waals surface area contributed by atoms with Gasteiger partial charge in [0, 0.05) is 30.4 Å². The highest BCUT2D eigenvalue weighted by atomic mass is 16.5. The van der Waals surface area contributed by atoms with Crippen LogP contribution in [0.4, 0.5) is 0 Å². The molecule has 0 unspecified atom stereocenters. The standard InChI is InChI=1S/C19H25N3O4/c1-11(2)17(19(25)26-4)22-18(24)16(21-12(3)23)9-13-10-20-15-8-6-5-7-14(13)15/h5-8,10-11,16-17,20H,9H2,1-4H3,(H,21,23)(H,22,24)/t16-,17-/m0/s1. The second kappa shape index (κ2) is 8.51. The zero-order valence-electron chi connectivity index (χ0n) is 15.5. The molecule has 7 heteroatoms. The number of para-hydroxylation sites is 1. The lowest BCUT2D eigenvalue weighted by Gasteiger charge is -2.24. The summed E-state index contributed by atoms with van der Waals surface area (Å²) in [6.45, 7) is 4.99. The van der Waals surface area contributed by atoms with Crippen LogP contribution in [0.25, 0.3) is 10.9 Å². The normalized spacial score (nSPS) is 13.3. The van der Waals surface area contributed by atoms with Crippen LogP contribution < -0.4 is 10.6 Å². The van der Waals surface area contributed by atoms with Gasteiger partial charge in [-0.05, 0) is 17.5 Å². The van der Waals surface area contributed by atoms with Crippen LogP contribution in [0.5, 0.6) is 0 Å². The first-order chi connectivity index (χ1) is 12.3. The van der Waals surface area contributed by atoms with Crippen molar-refractivity contribution >= 4 is 28.7 Å². The van der Waals surface area contributed by atoms with Crippen LogP contribution in [0.3, 0.4) is 0 Å². The fraction of sp³-hybridized carbons (Fsp3) is 0.421. The lowest BCUT2D eigenvalue weighted by molar-refractivity contribution is -0.146. The van der Waals surface area contributed by atoms with Crippen molar-refractivity contribution in [2.75, 3.05) is 7.11 Å². The van der Waals surface area contributed by atoms with Gasteiger partial charge < -0.3 is 20.4 Å². The van der Waals surface area contributed by atoms with E-state index < -0.39 is 24.0 Å². The Morgan fingerprint density at radius 2 is 1.85 bits per heavy atom. The summed E-state index contributed by atoms with van der Waals surface area (Å²) in [6.07, 6.45) is 2.13. The van der Waals surface area contributed by atoms with Gasteiger partial charge in [0.05, 0.1) is 7.11 Å². The van der Waals surface area contributed by atoms with Gasteiger partial charge in [0.15, 0.2) is 0 Å². The molecule has 2 atom stereocenters. The zero-order chi connectivity index (χ0) is 19.3. The van der Waals surface area contributed by atoms with Gasteiger partial charge in [-0.1, -0.05) is 32.0 Å². The Labute approximate surface area is 152 Å². The third kappa shape index (κ3) is 4.62. The Morgan fingerprint density at radius 3 is 2.46 bits per heavy atom. The molecule has 0 bridgehead atoms. The SMILES string of the molecule is COC(=O)[C@@H](NC(=O)[C@H](Cc1c[nH]c2ccccc12)NC(C)=O)C(C)C. The van der Waals surface area contributed by atoms with Gasteiger partial charge >= 0.3 is 5.97 Å². The Hall–Kier alpha value is -2.83. The van der Waals surface area contributed by atoms with E-state index in [1.807, 2.05) is 44.3 Å². The second-order valence-corrected chi connectivity index (χ2v) is 6.57. The van der Waals surface area contributed by atoms with Gasteiger partial charge in [-0.25, -0.2) is 4.79 Å². The number of benzene rings is 1. The highest BCUT2D eigenvalue weighted by molar-refractivity contribution is 5.91. The first kappa shape index (κ1) is 19.5. The molecule has 3 N–H and O–H groups in total. The molecular weight excluding hydrogens is 334 g/mol. The summed E-state index contributed by atoms with van der Waals surface area (Å²) in [5, 5.41) is 6.35. The number of amides is 2. The van der Waals surface area contributed by atoms with Crippen molar-refractivity contribution in [2.24, 2.45) is 5.92 Å². The molecule has 1 heterocycles. The molecule has 0 saturated heterocycles. The van der Waals surface area contributed by atoms with Gasteiger partial charge in [-0.15, -0.1) is 0 Å². The molecule has 0 radical (unpaired) electrons. The number of rotatable bonds is 7. The Morgan fingerprint density at radius 1 is 1.15 bits per heavy atom. The number of aromatic amines is 1. The molecule has 2 rings (SSSR count). The van der Waals surface area contributed by atoms with Crippen LogP contribution in [0.15, 0.2) is 30.5 Å². The van der Waals surface area contributed by atoms with Crippen LogP contribution in [-0.2, 0) is 25.5 Å². The number of nitrogens with one attached hydrogen (secondary N) is 3. The smallest absolute Gasteiger partial charge is 0.328 e. The molecule has 0 saturated carbocycles. The molecule has 0 aliphatic rings. The zero-order valence-corrected chi connectivity index (χ0v) is 15.5. The maximum atomic E-state index is 12.7. The van der Waals surface area contributed by atoms with Gasteiger partial charge in [-0.3, -0.25) is 9.59 Å². The van der Waals surface area contributed by atoms with Crippen molar-refractivity contribution in [3.8, 4) is 0 Å². The van der Waals surface area contributed by atoms with Gasteiger partial charge in [-0.2, -0.15) is 0 Å². The minimum absolute atomic E-state index is 0.141. The molecule has 1 aromatic carbocycles. The second-order valence-electron chi connectivity index (χ2n) is 6.57. The number of H-pyrrole nitrogens is 1. The molecule has 140 valence electrons. The van der Waals surface area contributed by atoms with E-state index in [9.17, 15) is 14.4 Å². The summed E-state index contributed by atoms with van der Waals surface area (Å²) in [6, 6.07) is 6.17. The van der Waals surface area contributed by atoms with E-state index in [0.29, 0.717) is 6.42 Å². The third-order valence-electron chi connectivity index (χ3n) is 4.21. The minimum atomic E-state index is -0.794. The average molecular weight is 359 g/mol. The lowest BCUT2D eigenvalue weighted by Crippen LogP contribution is -2.53. The molecule has 2 aromatic rings. The lowest BCUT2D eigenvalue weighted by atomic mass is 10.0. The van der Waals surface area contributed by atoms with E-state index in [1.165, 1.54) is 14.0 Å². The van der Waals surface area contributed by atoms with Gasteiger partial charge in [0.1, 0.15) is 12.1 Å². The van der Waals surface area contributed by atoms with Gasteiger partial charge in [0.25, 0.3) is 0 Å². The van der Waals surface area contributed by atoms with E-state index in [0.717, 1.165) is 16.5 Å². The van der Waals surface area contributed by atoms with Crippen LogP contribution >= 0.6 is 0 Å². The Bertz CT molecular complexity index is 797. The number of methoxy groups -OCH3 is 1.